The van der Waals surface area contributed by atoms with Gasteiger partial charge in [-0.05, 0) is 48.9 Å². The summed E-state index contributed by atoms with van der Waals surface area (Å²) in [5.74, 6) is 2.50. The van der Waals surface area contributed by atoms with Crippen LogP contribution in [-0.2, 0) is 21.1 Å². The summed E-state index contributed by atoms with van der Waals surface area (Å²) in [4.78, 5) is 27.6. The Morgan fingerprint density at radius 2 is 1.97 bits per heavy atom. The molecule has 1 fully saturated rings. The van der Waals surface area contributed by atoms with Crippen molar-refractivity contribution >= 4 is 35.1 Å². The zero-order valence-corrected chi connectivity index (χ0v) is 18.8. The molecule has 8 heteroatoms. The smallest absolute Gasteiger partial charge is 0.230 e. The molecule has 1 aromatic heterocycles. The zero-order valence-electron chi connectivity index (χ0n) is 18.0. The van der Waals surface area contributed by atoms with Crippen LogP contribution in [0.25, 0.3) is 5.69 Å². The van der Waals surface area contributed by atoms with E-state index in [0.717, 1.165) is 45.5 Å². The molecule has 164 valence electrons. The van der Waals surface area contributed by atoms with Gasteiger partial charge in [-0.2, -0.15) is 16.9 Å². The molecule has 0 aliphatic carbocycles. The second kappa shape index (κ2) is 8.35. The third-order valence-corrected chi connectivity index (χ3v) is 6.89. The van der Waals surface area contributed by atoms with Crippen molar-refractivity contribution in [3.63, 3.8) is 0 Å². The summed E-state index contributed by atoms with van der Waals surface area (Å²) in [5, 5.41) is 7.85. The van der Waals surface area contributed by atoms with E-state index >= 15 is 0 Å². The van der Waals surface area contributed by atoms with Gasteiger partial charge in [-0.15, -0.1) is 0 Å². The van der Waals surface area contributed by atoms with Crippen LogP contribution in [0, 0.1) is 12.8 Å². The van der Waals surface area contributed by atoms with E-state index in [9.17, 15) is 9.59 Å². The van der Waals surface area contributed by atoms with Crippen molar-refractivity contribution in [2.75, 3.05) is 23.9 Å². The van der Waals surface area contributed by atoms with E-state index in [4.69, 9.17) is 9.84 Å². The molecule has 3 aromatic rings. The summed E-state index contributed by atoms with van der Waals surface area (Å²) >= 11 is 1.78. The molecule has 3 heterocycles. The van der Waals surface area contributed by atoms with E-state index in [1.807, 2.05) is 55.5 Å². The van der Waals surface area contributed by atoms with Gasteiger partial charge < -0.3 is 15.0 Å². The van der Waals surface area contributed by atoms with Gasteiger partial charge in [0.15, 0.2) is 0 Å². The second-order valence-electron chi connectivity index (χ2n) is 8.11. The zero-order chi connectivity index (χ0) is 22.2. The Labute approximate surface area is 190 Å². The number of nitrogens with zero attached hydrogens (tertiary/aromatic N) is 3. The maximum absolute atomic E-state index is 13.2. The number of fused-ring (bicyclic) bond motifs is 1. The second-order valence-corrected chi connectivity index (χ2v) is 9.10. The van der Waals surface area contributed by atoms with Crippen molar-refractivity contribution in [2.24, 2.45) is 5.92 Å². The molecule has 32 heavy (non-hydrogen) atoms. The molecule has 2 amide bonds. The fourth-order valence-electron chi connectivity index (χ4n) is 4.20. The van der Waals surface area contributed by atoms with Gasteiger partial charge in [0, 0.05) is 35.7 Å². The summed E-state index contributed by atoms with van der Waals surface area (Å²) in [6.07, 6.45) is 0.202. The molecule has 7 nitrogen and oxygen atoms in total. The number of ether oxygens (including phenoxy) is 1. The molecule has 2 aromatic carbocycles. The number of amides is 2. The summed E-state index contributed by atoms with van der Waals surface area (Å²) in [7, 11) is 1.63. The predicted molar refractivity (Wildman–Crippen MR) is 125 cm³/mol. The Morgan fingerprint density at radius 3 is 2.72 bits per heavy atom. The fraction of sp³-hybridized carbons (Fsp3) is 0.292. The number of thioether (sulfide) groups is 1. The van der Waals surface area contributed by atoms with Gasteiger partial charge in [-0.1, -0.05) is 12.1 Å². The van der Waals surface area contributed by atoms with Crippen molar-refractivity contribution in [3.05, 3.63) is 65.4 Å². The van der Waals surface area contributed by atoms with Crippen molar-refractivity contribution < 1.29 is 14.3 Å². The Kier molecular flexibility index (Phi) is 5.38. The van der Waals surface area contributed by atoms with Gasteiger partial charge in [-0.3, -0.25) is 9.59 Å². The summed E-state index contributed by atoms with van der Waals surface area (Å²) in [6, 6.07) is 15.4. The summed E-state index contributed by atoms with van der Waals surface area (Å²) < 4.78 is 7.04. The van der Waals surface area contributed by atoms with Crippen LogP contribution in [0.5, 0.6) is 5.75 Å². The number of carbonyl (C=O) groups is 2. The Bertz CT molecular complexity index is 1190. The molecule has 1 N–H and O–H groups in total. The van der Waals surface area contributed by atoms with E-state index in [1.54, 1.807) is 28.5 Å². The lowest BCUT2D eigenvalue weighted by Gasteiger charge is -2.17. The molecule has 1 atom stereocenters. The number of carbonyl (C=O) groups excluding carboxylic acids is 2. The van der Waals surface area contributed by atoms with Crippen LogP contribution in [0.3, 0.4) is 0 Å². The quantitative estimate of drug-likeness (QED) is 0.640. The van der Waals surface area contributed by atoms with Crippen LogP contribution in [0.1, 0.15) is 23.2 Å². The molecule has 2 aliphatic rings. The normalized spacial score (nSPS) is 17.5. The van der Waals surface area contributed by atoms with Crippen LogP contribution < -0.4 is 15.0 Å². The van der Waals surface area contributed by atoms with Gasteiger partial charge in [0.1, 0.15) is 11.6 Å². The highest BCUT2D eigenvalue weighted by atomic mass is 32.2. The van der Waals surface area contributed by atoms with E-state index in [-0.39, 0.29) is 18.2 Å². The molecule has 1 unspecified atom stereocenters. The number of methoxy groups -OCH3 is 1. The minimum Gasteiger partial charge on any atom is -0.497 e. The Balaban J connectivity index is 1.39. The molecule has 5 rings (SSSR count). The van der Waals surface area contributed by atoms with Crippen LogP contribution in [-0.4, -0.2) is 35.2 Å². The van der Waals surface area contributed by atoms with E-state index in [2.05, 4.69) is 5.32 Å². The molecule has 0 spiro atoms. The third kappa shape index (κ3) is 3.75. The number of hydrogen-bond acceptors (Lipinski definition) is 5. The average Bonchev–Trinajstić information content (AvgIpc) is 3.49. The van der Waals surface area contributed by atoms with Crippen LogP contribution in [0.15, 0.2) is 48.5 Å². The minimum absolute atomic E-state index is 0.0276. The fourth-order valence-corrected chi connectivity index (χ4v) is 5.23. The number of aryl methyl sites for hydroxylation is 1. The first-order valence-electron chi connectivity index (χ1n) is 10.5. The highest BCUT2D eigenvalue weighted by Gasteiger charge is 2.36. The van der Waals surface area contributed by atoms with Gasteiger partial charge in [0.25, 0.3) is 0 Å². The van der Waals surface area contributed by atoms with Crippen LogP contribution in [0.2, 0.25) is 0 Å². The highest BCUT2D eigenvalue weighted by Crippen LogP contribution is 2.37. The number of rotatable bonds is 5. The minimum atomic E-state index is -0.410. The number of nitrogens with one attached hydrogen (secondary N) is 1. The SMILES string of the molecule is COc1ccc(-n2nc3c(c2NC(=O)C2CC(=O)N(c4cccc(C)c4)C2)CSC3)cc1. The molecule has 0 saturated carbocycles. The maximum atomic E-state index is 13.2. The van der Waals surface area contributed by atoms with Gasteiger partial charge in [-0.25, -0.2) is 4.68 Å². The first-order valence-corrected chi connectivity index (χ1v) is 11.7. The number of hydrogen-bond donors (Lipinski definition) is 1. The average molecular weight is 449 g/mol. The number of benzene rings is 2. The van der Waals surface area contributed by atoms with Crippen LogP contribution >= 0.6 is 11.8 Å². The van der Waals surface area contributed by atoms with E-state index in [0.29, 0.717) is 12.4 Å². The van der Waals surface area contributed by atoms with Crippen molar-refractivity contribution in [3.8, 4) is 11.4 Å². The van der Waals surface area contributed by atoms with Crippen molar-refractivity contribution in [1.82, 2.24) is 9.78 Å². The lowest BCUT2D eigenvalue weighted by atomic mass is 10.1. The topological polar surface area (TPSA) is 76.5 Å². The maximum Gasteiger partial charge on any atom is 0.230 e. The lowest BCUT2D eigenvalue weighted by molar-refractivity contribution is -0.122. The van der Waals surface area contributed by atoms with E-state index in [1.165, 1.54) is 0 Å². The molecular weight excluding hydrogens is 424 g/mol. The molecular formula is C24H24N4O3S. The molecule has 1 saturated heterocycles. The van der Waals surface area contributed by atoms with Crippen LogP contribution in [0.4, 0.5) is 11.5 Å². The predicted octanol–water partition coefficient (Wildman–Crippen LogP) is 3.93. The third-order valence-electron chi connectivity index (χ3n) is 5.92. The van der Waals surface area contributed by atoms with E-state index < -0.39 is 5.92 Å². The first kappa shape index (κ1) is 20.6. The monoisotopic (exact) mass is 448 g/mol. The Hall–Kier alpha value is -3.26. The van der Waals surface area contributed by atoms with Crippen molar-refractivity contribution in [2.45, 2.75) is 24.9 Å². The van der Waals surface area contributed by atoms with Gasteiger partial charge >= 0.3 is 0 Å². The number of anilines is 2. The van der Waals surface area contributed by atoms with Gasteiger partial charge in [0.2, 0.25) is 11.8 Å². The molecule has 0 radical (unpaired) electrons. The summed E-state index contributed by atoms with van der Waals surface area (Å²) in [6.45, 7) is 2.37. The largest absolute Gasteiger partial charge is 0.497 e. The van der Waals surface area contributed by atoms with Crippen molar-refractivity contribution in [1.29, 1.82) is 0 Å². The standard InChI is InChI=1S/C24H24N4O3S/c1-15-4-3-5-18(10-15)27-12-16(11-22(27)29)24(30)25-23-20-13-32-14-21(20)26-28(23)17-6-8-19(31-2)9-7-17/h3-10,16H,11-14H2,1-2H3,(H,25,30). The Morgan fingerprint density at radius 1 is 1.16 bits per heavy atom. The molecule has 0 bridgehead atoms. The van der Waals surface area contributed by atoms with Gasteiger partial charge in [0.05, 0.1) is 24.4 Å². The molecule has 2 aliphatic heterocycles. The first-order chi connectivity index (χ1) is 15.5. The highest BCUT2D eigenvalue weighted by molar-refractivity contribution is 7.98. The lowest BCUT2D eigenvalue weighted by Crippen LogP contribution is -2.29. The number of aromatic nitrogens is 2. The summed E-state index contributed by atoms with van der Waals surface area (Å²) in [5.41, 5.74) is 4.82.